The molecule has 2 fully saturated rings. The van der Waals surface area contributed by atoms with Crippen LogP contribution in [0.2, 0.25) is 0 Å². The molecular formula is C32H45N5O4. The van der Waals surface area contributed by atoms with Gasteiger partial charge in [0.2, 0.25) is 11.8 Å². The van der Waals surface area contributed by atoms with Gasteiger partial charge in [0.1, 0.15) is 5.75 Å². The second-order valence-electron chi connectivity index (χ2n) is 11.8. The standard InChI is InChI=1S/C32H45N5O4/c1-35(21-24-6-3-12-33-18-24)31(38)17-25-11-14-36-22-26(25)7-5-15-41-30-10-9-28(16-27(30)19-34-20-32(36)39)37-13-4-8-29(37)23-40-2/h3,6,9-10,12,16,18,25-26,29,34H,4-5,7-8,11,13-15,17,19-23H2,1-2H3/t25-,26-,29-/m0/s1. The maximum absolute atomic E-state index is 13.2. The fourth-order valence-corrected chi connectivity index (χ4v) is 6.65. The first kappa shape index (κ1) is 29.3. The number of methoxy groups -OCH3 is 1. The van der Waals surface area contributed by atoms with E-state index in [0.717, 1.165) is 55.7 Å². The summed E-state index contributed by atoms with van der Waals surface area (Å²) in [5, 5.41) is 3.39. The Bertz CT molecular complexity index is 1160. The van der Waals surface area contributed by atoms with Crippen molar-refractivity contribution >= 4 is 17.5 Å². The first-order valence-electron chi connectivity index (χ1n) is 15.1. The molecule has 2 saturated heterocycles. The molecular weight excluding hydrogens is 518 g/mol. The predicted octanol–water partition coefficient (Wildman–Crippen LogP) is 3.47. The molecule has 0 saturated carbocycles. The second kappa shape index (κ2) is 14.1. The van der Waals surface area contributed by atoms with Crippen LogP contribution in [-0.4, -0.2) is 86.2 Å². The van der Waals surface area contributed by atoms with Crippen LogP contribution in [0.5, 0.6) is 5.75 Å². The molecule has 9 heteroatoms. The van der Waals surface area contributed by atoms with E-state index in [9.17, 15) is 9.59 Å². The third-order valence-corrected chi connectivity index (χ3v) is 8.93. The molecule has 41 heavy (non-hydrogen) atoms. The summed E-state index contributed by atoms with van der Waals surface area (Å²) in [5.74, 6) is 1.70. The van der Waals surface area contributed by atoms with Crippen LogP contribution in [0.3, 0.4) is 0 Å². The monoisotopic (exact) mass is 563 g/mol. The molecule has 1 aromatic heterocycles. The molecule has 9 nitrogen and oxygen atoms in total. The SMILES string of the molecule is COC[C@@H]1CCCN1c1ccc2c(c1)CNCC(=O)N1CC[C@@H](CC(=O)N(C)Cc3cccnc3)[C@@H](CCCO2)C1. The normalized spacial score (nSPS) is 23.6. The molecule has 5 rings (SSSR count). The van der Waals surface area contributed by atoms with E-state index < -0.39 is 0 Å². The number of fused-ring (bicyclic) bond motifs is 3. The number of benzene rings is 1. The summed E-state index contributed by atoms with van der Waals surface area (Å²) in [6.07, 6.45) is 9.04. The minimum Gasteiger partial charge on any atom is -0.493 e. The average Bonchev–Trinajstić information content (AvgIpc) is 3.45. The number of carbonyl (C=O) groups excluding carboxylic acids is 2. The molecule has 0 spiro atoms. The van der Waals surface area contributed by atoms with Gasteiger partial charge in [0, 0.05) is 76.9 Å². The Hall–Kier alpha value is -3.17. The summed E-state index contributed by atoms with van der Waals surface area (Å²) in [4.78, 5) is 36.7. The molecule has 3 aliphatic heterocycles. The van der Waals surface area contributed by atoms with Gasteiger partial charge in [0.05, 0.1) is 25.8 Å². The lowest BCUT2D eigenvalue weighted by Crippen LogP contribution is -2.47. The summed E-state index contributed by atoms with van der Waals surface area (Å²) in [5.41, 5.74) is 3.29. The zero-order valence-electron chi connectivity index (χ0n) is 24.6. The predicted molar refractivity (Wildman–Crippen MR) is 159 cm³/mol. The zero-order chi connectivity index (χ0) is 28.6. The molecule has 1 aromatic carbocycles. The molecule has 3 aliphatic rings. The number of rotatable bonds is 7. The summed E-state index contributed by atoms with van der Waals surface area (Å²) in [6, 6.07) is 10.7. The highest BCUT2D eigenvalue weighted by atomic mass is 16.5. The molecule has 222 valence electrons. The van der Waals surface area contributed by atoms with Gasteiger partial charge in [-0.2, -0.15) is 0 Å². The quantitative estimate of drug-likeness (QED) is 0.552. The van der Waals surface area contributed by atoms with Gasteiger partial charge in [-0.1, -0.05) is 6.07 Å². The molecule has 4 heterocycles. The third-order valence-electron chi connectivity index (χ3n) is 8.93. The van der Waals surface area contributed by atoms with E-state index in [2.05, 4.69) is 33.4 Å². The molecule has 0 aliphatic carbocycles. The number of hydrogen-bond donors (Lipinski definition) is 1. The number of nitrogens with zero attached hydrogens (tertiary/aromatic N) is 4. The number of nitrogens with one attached hydrogen (secondary N) is 1. The fourth-order valence-electron chi connectivity index (χ4n) is 6.65. The van der Waals surface area contributed by atoms with Gasteiger partial charge in [-0.25, -0.2) is 0 Å². The second-order valence-corrected chi connectivity index (χ2v) is 11.8. The highest BCUT2D eigenvalue weighted by Gasteiger charge is 2.33. The largest absolute Gasteiger partial charge is 0.493 e. The van der Waals surface area contributed by atoms with E-state index >= 15 is 0 Å². The van der Waals surface area contributed by atoms with E-state index in [1.165, 1.54) is 12.1 Å². The van der Waals surface area contributed by atoms with Crippen LogP contribution >= 0.6 is 0 Å². The van der Waals surface area contributed by atoms with Crippen LogP contribution in [0, 0.1) is 11.8 Å². The molecule has 2 aromatic rings. The first-order valence-corrected chi connectivity index (χ1v) is 15.1. The number of aromatic nitrogens is 1. The van der Waals surface area contributed by atoms with Gasteiger partial charge in [0.25, 0.3) is 0 Å². The highest BCUT2D eigenvalue weighted by molar-refractivity contribution is 5.79. The van der Waals surface area contributed by atoms with E-state index in [4.69, 9.17) is 9.47 Å². The van der Waals surface area contributed by atoms with Crippen LogP contribution in [-0.2, 0) is 27.4 Å². The van der Waals surface area contributed by atoms with Gasteiger partial charge in [-0.05, 0) is 73.8 Å². The van der Waals surface area contributed by atoms with Gasteiger partial charge in [-0.15, -0.1) is 0 Å². The Morgan fingerprint density at radius 2 is 2.07 bits per heavy atom. The lowest BCUT2D eigenvalue weighted by atomic mass is 9.80. The Balaban J connectivity index is 1.23. The number of carbonyl (C=O) groups is 2. The molecule has 0 radical (unpaired) electrons. The van der Waals surface area contributed by atoms with Crippen molar-refractivity contribution in [3.63, 3.8) is 0 Å². The third kappa shape index (κ3) is 7.57. The van der Waals surface area contributed by atoms with Crippen molar-refractivity contribution in [1.82, 2.24) is 20.1 Å². The summed E-state index contributed by atoms with van der Waals surface area (Å²) < 4.78 is 11.8. The maximum atomic E-state index is 13.2. The molecule has 1 N–H and O–H groups in total. The van der Waals surface area contributed by atoms with Gasteiger partial charge < -0.3 is 29.5 Å². The van der Waals surface area contributed by atoms with Crippen molar-refractivity contribution in [2.45, 2.75) is 57.7 Å². The molecule has 2 bridgehead atoms. The molecule has 2 amide bonds. The van der Waals surface area contributed by atoms with Crippen LogP contribution in [0.25, 0.3) is 0 Å². The van der Waals surface area contributed by atoms with E-state index in [0.29, 0.717) is 51.8 Å². The average molecular weight is 564 g/mol. The van der Waals surface area contributed by atoms with Gasteiger partial charge in [0.15, 0.2) is 0 Å². The molecule has 0 unspecified atom stereocenters. The Morgan fingerprint density at radius 1 is 1.17 bits per heavy atom. The minimum atomic E-state index is 0.131. The molecule has 3 atom stereocenters. The van der Waals surface area contributed by atoms with Crippen molar-refractivity contribution in [3.05, 3.63) is 53.9 Å². The maximum Gasteiger partial charge on any atom is 0.236 e. The van der Waals surface area contributed by atoms with Crippen molar-refractivity contribution in [2.24, 2.45) is 11.8 Å². The number of pyridine rings is 1. The number of amides is 2. The van der Waals surface area contributed by atoms with Crippen LogP contribution in [0.15, 0.2) is 42.7 Å². The number of ether oxygens (including phenoxy) is 2. The van der Waals surface area contributed by atoms with Gasteiger partial charge in [-0.3, -0.25) is 14.6 Å². The Labute approximate surface area is 244 Å². The van der Waals surface area contributed by atoms with Crippen molar-refractivity contribution in [2.75, 3.05) is 58.5 Å². The van der Waals surface area contributed by atoms with Crippen LogP contribution in [0.4, 0.5) is 5.69 Å². The summed E-state index contributed by atoms with van der Waals surface area (Å²) in [6.45, 7) is 5.21. The summed E-state index contributed by atoms with van der Waals surface area (Å²) >= 11 is 0. The first-order chi connectivity index (χ1) is 20.0. The van der Waals surface area contributed by atoms with Crippen LogP contribution in [0.1, 0.15) is 49.7 Å². The van der Waals surface area contributed by atoms with Crippen LogP contribution < -0.4 is 15.0 Å². The number of piperidine rings is 1. The van der Waals surface area contributed by atoms with Crippen molar-refractivity contribution < 1.29 is 19.1 Å². The van der Waals surface area contributed by atoms with Gasteiger partial charge >= 0.3 is 0 Å². The fraction of sp³-hybridized carbons (Fsp3) is 0.594. The summed E-state index contributed by atoms with van der Waals surface area (Å²) in [7, 11) is 3.63. The van der Waals surface area contributed by atoms with E-state index in [-0.39, 0.29) is 23.7 Å². The smallest absolute Gasteiger partial charge is 0.236 e. The number of anilines is 1. The Kier molecular flexibility index (Phi) is 10.1. The lowest BCUT2D eigenvalue weighted by molar-refractivity contribution is -0.135. The topological polar surface area (TPSA) is 87.2 Å². The van der Waals surface area contributed by atoms with E-state index in [1.807, 2.05) is 24.1 Å². The number of hydrogen-bond acceptors (Lipinski definition) is 7. The van der Waals surface area contributed by atoms with Crippen molar-refractivity contribution in [3.8, 4) is 5.75 Å². The van der Waals surface area contributed by atoms with Crippen molar-refractivity contribution in [1.29, 1.82) is 0 Å². The van der Waals surface area contributed by atoms with E-state index in [1.54, 1.807) is 24.4 Å². The highest BCUT2D eigenvalue weighted by Crippen LogP contribution is 2.33. The Morgan fingerprint density at radius 3 is 2.90 bits per heavy atom. The zero-order valence-corrected chi connectivity index (χ0v) is 24.6. The lowest BCUT2D eigenvalue weighted by Gasteiger charge is -2.39. The minimum absolute atomic E-state index is 0.131.